The Morgan fingerprint density at radius 1 is 1.13 bits per heavy atom. The standard InChI is InChI=1S/C23H34ClN3O4/c1-16(2)31-22(29)15-20(18-11-6-7-12-19(18)24)27-21(28)13-8-14-25-23(30)26-17-9-4-3-5-10-17/h6-7,11-12,16-17,20H,3-5,8-10,13-15H2,1-2H3,(H,27,28)(H2,25,26,30)/t20-/m1/s1. The van der Waals surface area contributed by atoms with Crippen molar-refractivity contribution in [2.75, 3.05) is 6.54 Å². The largest absolute Gasteiger partial charge is 0.463 e. The first-order valence-corrected chi connectivity index (χ1v) is 11.5. The van der Waals surface area contributed by atoms with Crippen LogP contribution in [0.5, 0.6) is 0 Å². The van der Waals surface area contributed by atoms with Gasteiger partial charge in [0.2, 0.25) is 5.91 Å². The van der Waals surface area contributed by atoms with Crippen molar-refractivity contribution in [1.82, 2.24) is 16.0 Å². The van der Waals surface area contributed by atoms with Gasteiger partial charge in [0, 0.05) is 24.0 Å². The van der Waals surface area contributed by atoms with Gasteiger partial charge >= 0.3 is 12.0 Å². The van der Waals surface area contributed by atoms with Crippen molar-refractivity contribution in [3.8, 4) is 0 Å². The van der Waals surface area contributed by atoms with Gasteiger partial charge in [-0.05, 0) is 44.7 Å². The summed E-state index contributed by atoms with van der Waals surface area (Å²) in [4.78, 5) is 36.6. The maximum absolute atomic E-state index is 12.5. The van der Waals surface area contributed by atoms with Gasteiger partial charge in [0.1, 0.15) is 0 Å². The first-order valence-electron chi connectivity index (χ1n) is 11.1. The van der Waals surface area contributed by atoms with Gasteiger partial charge in [-0.15, -0.1) is 0 Å². The van der Waals surface area contributed by atoms with Gasteiger partial charge in [-0.25, -0.2) is 4.79 Å². The van der Waals surface area contributed by atoms with Crippen LogP contribution >= 0.6 is 11.6 Å². The summed E-state index contributed by atoms with van der Waals surface area (Å²) in [7, 11) is 0. The molecule has 1 aliphatic rings. The highest BCUT2D eigenvalue weighted by Gasteiger charge is 2.22. The van der Waals surface area contributed by atoms with Crippen LogP contribution in [-0.4, -0.2) is 36.6 Å². The zero-order valence-corrected chi connectivity index (χ0v) is 19.2. The van der Waals surface area contributed by atoms with Crippen molar-refractivity contribution in [2.24, 2.45) is 0 Å². The summed E-state index contributed by atoms with van der Waals surface area (Å²) in [6, 6.07) is 6.60. The minimum Gasteiger partial charge on any atom is -0.463 e. The lowest BCUT2D eigenvalue weighted by Crippen LogP contribution is -2.43. The van der Waals surface area contributed by atoms with E-state index in [9.17, 15) is 14.4 Å². The van der Waals surface area contributed by atoms with Crippen LogP contribution in [0.3, 0.4) is 0 Å². The molecule has 0 spiro atoms. The molecule has 3 amide bonds. The third-order valence-corrected chi connectivity index (χ3v) is 5.50. The third-order valence-electron chi connectivity index (χ3n) is 5.16. The number of benzene rings is 1. The summed E-state index contributed by atoms with van der Waals surface area (Å²) < 4.78 is 5.22. The van der Waals surface area contributed by atoms with Gasteiger partial charge < -0.3 is 20.7 Å². The molecule has 31 heavy (non-hydrogen) atoms. The van der Waals surface area contributed by atoms with Crippen molar-refractivity contribution >= 4 is 29.5 Å². The van der Waals surface area contributed by atoms with E-state index in [-0.39, 0.29) is 36.9 Å². The van der Waals surface area contributed by atoms with Crippen LogP contribution < -0.4 is 16.0 Å². The topological polar surface area (TPSA) is 96.5 Å². The van der Waals surface area contributed by atoms with E-state index in [2.05, 4.69) is 16.0 Å². The van der Waals surface area contributed by atoms with Gasteiger partial charge in [0.05, 0.1) is 18.6 Å². The van der Waals surface area contributed by atoms with E-state index >= 15 is 0 Å². The average molecular weight is 452 g/mol. The molecule has 1 atom stereocenters. The van der Waals surface area contributed by atoms with Gasteiger partial charge in [0.25, 0.3) is 0 Å². The van der Waals surface area contributed by atoms with E-state index < -0.39 is 12.0 Å². The highest BCUT2D eigenvalue weighted by atomic mass is 35.5. The Bertz CT molecular complexity index is 735. The van der Waals surface area contributed by atoms with Crippen LogP contribution in [0.25, 0.3) is 0 Å². The van der Waals surface area contributed by atoms with Crippen molar-refractivity contribution in [3.05, 3.63) is 34.9 Å². The molecule has 1 aromatic rings. The molecule has 172 valence electrons. The fourth-order valence-corrected chi connectivity index (χ4v) is 3.94. The van der Waals surface area contributed by atoms with Crippen LogP contribution in [0.1, 0.15) is 76.8 Å². The second kappa shape index (κ2) is 13.2. The summed E-state index contributed by atoms with van der Waals surface area (Å²) in [5, 5.41) is 9.15. The SMILES string of the molecule is CC(C)OC(=O)C[C@@H](NC(=O)CCCNC(=O)NC1CCCCC1)c1ccccc1Cl. The molecule has 1 fully saturated rings. The van der Waals surface area contributed by atoms with Crippen LogP contribution in [0.15, 0.2) is 24.3 Å². The fourth-order valence-electron chi connectivity index (χ4n) is 3.67. The Kier molecular flexibility index (Phi) is 10.6. The number of esters is 1. The zero-order valence-electron chi connectivity index (χ0n) is 18.4. The maximum Gasteiger partial charge on any atom is 0.315 e. The fraction of sp³-hybridized carbons (Fsp3) is 0.609. The minimum atomic E-state index is -0.574. The Morgan fingerprint density at radius 3 is 2.52 bits per heavy atom. The highest BCUT2D eigenvalue weighted by Crippen LogP contribution is 2.26. The monoisotopic (exact) mass is 451 g/mol. The lowest BCUT2D eigenvalue weighted by atomic mass is 9.96. The van der Waals surface area contributed by atoms with E-state index in [1.54, 1.807) is 32.0 Å². The van der Waals surface area contributed by atoms with Crippen molar-refractivity contribution in [3.63, 3.8) is 0 Å². The Labute approximate surface area is 189 Å². The van der Waals surface area contributed by atoms with Crippen LogP contribution in [0.4, 0.5) is 4.79 Å². The lowest BCUT2D eigenvalue weighted by Gasteiger charge is -2.23. The van der Waals surface area contributed by atoms with Crippen molar-refractivity contribution in [2.45, 2.75) is 83.4 Å². The molecule has 0 heterocycles. The first-order chi connectivity index (χ1) is 14.8. The summed E-state index contributed by atoms with van der Waals surface area (Å²) in [5.41, 5.74) is 0.670. The summed E-state index contributed by atoms with van der Waals surface area (Å²) in [6.07, 6.45) is 6.08. The highest BCUT2D eigenvalue weighted by molar-refractivity contribution is 6.31. The molecule has 0 aliphatic heterocycles. The number of halogens is 1. The van der Waals surface area contributed by atoms with E-state index in [4.69, 9.17) is 16.3 Å². The maximum atomic E-state index is 12.5. The molecule has 0 aromatic heterocycles. The molecule has 1 aromatic carbocycles. The number of rotatable bonds is 10. The molecule has 1 saturated carbocycles. The van der Waals surface area contributed by atoms with Crippen molar-refractivity contribution < 1.29 is 19.1 Å². The second-order valence-electron chi connectivity index (χ2n) is 8.22. The number of nitrogens with one attached hydrogen (secondary N) is 3. The molecule has 1 aliphatic carbocycles. The smallest absolute Gasteiger partial charge is 0.315 e. The van der Waals surface area contributed by atoms with Crippen LogP contribution in [0.2, 0.25) is 5.02 Å². The summed E-state index contributed by atoms with van der Waals surface area (Å²) in [5.74, 6) is -0.613. The first kappa shape index (κ1) is 25.0. The summed E-state index contributed by atoms with van der Waals surface area (Å²) >= 11 is 6.28. The molecule has 0 saturated heterocycles. The van der Waals surface area contributed by atoms with E-state index in [0.29, 0.717) is 23.6 Å². The molecule has 3 N–H and O–H groups in total. The molecule has 0 radical (unpaired) electrons. The molecular weight excluding hydrogens is 418 g/mol. The zero-order chi connectivity index (χ0) is 22.6. The van der Waals surface area contributed by atoms with E-state index in [1.807, 2.05) is 6.07 Å². The number of hydrogen-bond donors (Lipinski definition) is 3. The number of hydrogen-bond acceptors (Lipinski definition) is 4. The van der Waals surface area contributed by atoms with Gasteiger partial charge in [-0.2, -0.15) is 0 Å². The van der Waals surface area contributed by atoms with Crippen molar-refractivity contribution in [1.29, 1.82) is 0 Å². The molecule has 2 rings (SSSR count). The predicted molar refractivity (Wildman–Crippen MR) is 121 cm³/mol. The third kappa shape index (κ3) is 9.59. The quantitative estimate of drug-likeness (QED) is 0.366. The number of ether oxygens (including phenoxy) is 1. The summed E-state index contributed by atoms with van der Waals surface area (Å²) in [6.45, 7) is 3.95. The van der Waals surface area contributed by atoms with Gasteiger partial charge in [-0.3, -0.25) is 9.59 Å². The molecular formula is C23H34ClN3O4. The second-order valence-corrected chi connectivity index (χ2v) is 8.63. The Morgan fingerprint density at radius 2 is 1.84 bits per heavy atom. The molecule has 0 unspecified atom stereocenters. The molecule has 0 bridgehead atoms. The average Bonchev–Trinajstić information content (AvgIpc) is 2.71. The van der Waals surface area contributed by atoms with E-state index in [1.165, 1.54) is 6.42 Å². The van der Waals surface area contributed by atoms with Crippen LogP contribution in [-0.2, 0) is 14.3 Å². The minimum absolute atomic E-state index is 0.00427. The normalized spacial score (nSPS) is 15.2. The van der Waals surface area contributed by atoms with Gasteiger partial charge in [0.15, 0.2) is 0 Å². The lowest BCUT2D eigenvalue weighted by molar-refractivity contribution is -0.148. The van der Waals surface area contributed by atoms with Gasteiger partial charge in [-0.1, -0.05) is 49.1 Å². The Balaban J connectivity index is 1.79. The number of carbonyl (C=O) groups is 3. The number of carbonyl (C=O) groups excluding carboxylic acids is 3. The predicted octanol–water partition coefficient (Wildman–Crippen LogP) is 4.25. The Hall–Kier alpha value is -2.28. The molecule has 8 heteroatoms. The molecule has 7 nitrogen and oxygen atoms in total. The van der Waals surface area contributed by atoms with E-state index in [0.717, 1.165) is 25.7 Å². The van der Waals surface area contributed by atoms with Crippen LogP contribution in [0, 0.1) is 0 Å². The number of urea groups is 1. The number of amides is 3.